The smallest absolute Gasteiger partial charge is 0.251 e. The normalized spacial score (nSPS) is 16.9. The number of thiophene rings is 1. The van der Waals surface area contributed by atoms with Crippen LogP contribution in [-0.4, -0.2) is 29.9 Å². The van der Waals surface area contributed by atoms with Crippen LogP contribution in [0.2, 0.25) is 0 Å². The fraction of sp³-hybridized carbons (Fsp3) is 0.240. The molecule has 1 N–H and O–H groups in total. The van der Waals surface area contributed by atoms with Crippen LogP contribution in [0.15, 0.2) is 60.0 Å². The van der Waals surface area contributed by atoms with Gasteiger partial charge in [-0.1, -0.05) is 12.1 Å². The fourth-order valence-electron chi connectivity index (χ4n) is 4.00. The van der Waals surface area contributed by atoms with E-state index < -0.39 is 0 Å². The van der Waals surface area contributed by atoms with Crippen LogP contribution in [0.3, 0.4) is 0 Å². The van der Waals surface area contributed by atoms with E-state index in [0.717, 1.165) is 25.1 Å². The number of carbonyl (C=O) groups excluding carboxylic acids is 1. The van der Waals surface area contributed by atoms with E-state index in [1.54, 1.807) is 35.6 Å². The molecule has 0 bridgehead atoms. The van der Waals surface area contributed by atoms with Crippen LogP contribution < -0.4 is 5.32 Å². The Morgan fingerprint density at radius 3 is 2.32 bits per heavy atom. The molecule has 1 aliphatic heterocycles. The van der Waals surface area contributed by atoms with Gasteiger partial charge in [-0.2, -0.15) is 10.5 Å². The molecule has 154 valence electrons. The second kappa shape index (κ2) is 9.14. The topological polar surface area (TPSA) is 79.9 Å². The zero-order valence-corrected chi connectivity index (χ0v) is 18.0. The summed E-state index contributed by atoms with van der Waals surface area (Å²) in [6.45, 7) is 3.73. The Labute approximate surface area is 186 Å². The fourth-order valence-corrected chi connectivity index (χ4v) is 5.05. The Balaban J connectivity index is 1.50. The van der Waals surface area contributed by atoms with Gasteiger partial charge in [0.25, 0.3) is 5.91 Å². The quantitative estimate of drug-likeness (QED) is 0.656. The zero-order valence-electron chi connectivity index (χ0n) is 17.2. The third-order valence-electron chi connectivity index (χ3n) is 5.57. The molecule has 1 saturated heterocycles. The van der Waals surface area contributed by atoms with E-state index in [9.17, 15) is 4.79 Å². The van der Waals surface area contributed by atoms with E-state index >= 15 is 0 Å². The highest BCUT2D eigenvalue weighted by atomic mass is 32.1. The first-order valence-corrected chi connectivity index (χ1v) is 11.1. The molecule has 2 aromatic carbocycles. The highest BCUT2D eigenvalue weighted by Crippen LogP contribution is 2.35. The maximum atomic E-state index is 12.6. The van der Waals surface area contributed by atoms with E-state index in [0.29, 0.717) is 16.7 Å². The summed E-state index contributed by atoms with van der Waals surface area (Å²) in [5.74, 6) is -0.113. The van der Waals surface area contributed by atoms with E-state index in [1.165, 1.54) is 10.4 Å². The second-order valence-corrected chi connectivity index (χ2v) is 8.75. The van der Waals surface area contributed by atoms with Gasteiger partial charge in [0, 0.05) is 29.6 Å². The molecule has 0 saturated carbocycles. The van der Waals surface area contributed by atoms with Gasteiger partial charge in [0.2, 0.25) is 0 Å². The van der Waals surface area contributed by atoms with Gasteiger partial charge in [0.15, 0.2) is 0 Å². The molecule has 31 heavy (non-hydrogen) atoms. The maximum Gasteiger partial charge on any atom is 0.251 e. The molecule has 1 fully saturated rings. The summed E-state index contributed by atoms with van der Waals surface area (Å²) >= 11 is 1.74. The number of hydrogen-bond acceptors (Lipinski definition) is 5. The summed E-state index contributed by atoms with van der Waals surface area (Å²) in [7, 11) is 0. The molecule has 2 heterocycles. The molecule has 0 radical (unpaired) electrons. The number of nitrogens with zero attached hydrogens (tertiary/aromatic N) is 3. The van der Waals surface area contributed by atoms with E-state index in [2.05, 4.69) is 40.7 Å². The van der Waals surface area contributed by atoms with Crippen LogP contribution in [0, 0.1) is 29.6 Å². The number of likely N-dealkylation sites (tertiary alicyclic amines) is 1. The Morgan fingerprint density at radius 1 is 1.10 bits per heavy atom. The lowest BCUT2D eigenvalue weighted by Crippen LogP contribution is -2.38. The molecule has 0 spiro atoms. The lowest BCUT2D eigenvalue weighted by atomic mass is 10.0. The summed E-state index contributed by atoms with van der Waals surface area (Å²) in [5.41, 5.74) is 4.15. The first kappa shape index (κ1) is 20.8. The van der Waals surface area contributed by atoms with Gasteiger partial charge in [-0.15, -0.1) is 11.3 Å². The number of nitriles is 2. The van der Waals surface area contributed by atoms with Crippen molar-refractivity contribution in [1.29, 1.82) is 10.5 Å². The summed E-state index contributed by atoms with van der Waals surface area (Å²) in [6, 6.07) is 21.1. The van der Waals surface area contributed by atoms with Crippen LogP contribution in [0.5, 0.6) is 0 Å². The van der Waals surface area contributed by atoms with Crippen molar-refractivity contribution in [3.8, 4) is 12.1 Å². The van der Waals surface area contributed by atoms with Crippen molar-refractivity contribution in [2.24, 2.45) is 0 Å². The van der Waals surface area contributed by atoms with Gasteiger partial charge in [-0.25, -0.2) is 0 Å². The summed E-state index contributed by atoms with van der Waals surface area (Å²) in [5, 5.41) is 23.4. The number of amides is 1. The molecule has 1 unspecified atom stereocenters. The van der Waals surface area contributed by atoms with Crippen LogP contribution >= 0.6 is 11.3 Å². The van der Waals surface area contributed by atoms with Crippen LogP contribution in [-0.2, 0) is 0 Å². The number of benzene rings is 2. The second-order valence-electron chi connectivity index (χ2n) is 7.81. The van der Waals surface area contributed by atoms with Crippen molar-refractivity contribution < 1.29 is 4.79 Å². The van der Waals surface area contributed by atoms with Gasteiger partial charge in [-0.05, 0) is 72.3 Å². The monoisotopic (exact) mass is 426 g/mol. The number of aryl methyl sites for hydroxylation is 1. The third kappa shape index (κ3) is 4.67. The standard InChI is InChI=1S/C25H22N4OS/c1-17-12-23(31-16-17)24(20-6-2-18(13-26)3-7-20)29-11-10-22(15-29)28-25(30)21-8-4-19(14-27)5-9-21/h2-9,12,16,22,24H,10-11,15H2,1H3,(H,28,30)/t22-,24?/m1/s1. The molecular formula is C25H22N4OS. The van der Waals surface area contributed by atoms with Crippen molar-refractivity contribution in [2.45, 2.75) is 25.4 Å². The van der Waals surface area contributed by atoms with Crippen LogP contribution in [0.25, 0.3) is 0 Å². The van der Waals surface area contributed by atoms with Crippen molar-refractivity contribution in [1.82, 2.24) is 10.2 Å². The lowest BCUT2D eigenvalue weighted by Gasteiger charge is -2.28. The summed E-state index contributed by atoms with van der Waals surface area (Å²) in [4.78, 5) is 16.3. The Hall–Kier alpha value is -3.45. The van der Waals surface area contributed by atoms with Gasteiger partial charge in [0.05, 0.1) is 29.3 Å². The molecule has 1 aromatic heterocycles. The lowest BCUT2D eigenvalue weighted by molar-refractivity contribution is 0.0937. The maximum absolute atomic E-state index is 12.6. The number of nitrogens with one attached hydrogen (secondary N) is 1. The average Bonchev–Trinajstić information content (AvgIpc) is 3.43. The first-order chi connectivity index (χ1) is 15.1. The van der Waals surface area contributed by atoms with Gasteiger partial charge < -0.3 is 5.32 Å². The first-order valence-electron chi connectivity index (χ1n) is 10.2. The van der Waals surface area contributed by atoms with Crippen molar-refractivity contribution in [3.05, 3.63) is 92.7 Å². The van der Waals surface area contributed by atoms with Crippen LogP contribution in [0.4, 0.5) is 0 Å². The molecule has 4 rings (SSSR count). The molecule has 1 amide bonds. The number of hydrogen-bond donors (Lipinski definition) is 1. The predicted molar refractivity (Wildman–Crippen MR) is 121 cm³/mol. The van der Waals surface area contributed by atoms with Crippen LogP contribution in [0.1, 0.15) is 50.0 Å². The minimum absolute atomic E-state index is 0.0603. The largest absolute Gasteiger partial charge is 0.348 e. The van der Waals surface area contributed by atoms with E-state index in [1.807, 2.05) is 24.3 Å². The summed E-state index contributed by atoms with van der Waals surface area (Å²) < 4.78 is 0. The molecule has 5 nitrogen and oxygen atoms in total. The van der Waals surface area contributed by atoms with Crippen molar-refractivity contribution >= 4 is 17.2 Å². The molecule has 1 aliphatic rings. The Kier molecular flexibility index (Phi) is 6.13. The molecule has 2 atom stereocenters. The molecule has 3 aromatic rings. The minimum Gasteiger partial charge on any atom is -0.348 e. The Morgan fingerprint density at radius 2 is 1.74 bits per heavy atom. The third-order valence-corrected chi connectivity index (χ3v) is 6.67. The van der Waals surface area contributed by atoms with Crippen molar-refractivity contribution in [2.75, 3.05) is 13.1 Å². The molecule has 6 heteroatoms. The van der Waals surface area contributed by atoms with E-state index in [-0.39, 0.29) is 18.0 Å². The predicted octanol–water partition coefficient (Wildman–Crippen LogP) is 4.39. The van der Waals surface area contributed by atoms with Gasteiger partial charge >= 0.3 is 0 Å². The number of rotatable bonds is 5. The van der Waals surface area contributed by atoms with Gasteiger partial charge in [-0.3, -0.25) is 9.69 Å². The highest BCUT2D eigenvalue weighted by Gasteiger charge is 2.32. The zero-order chi connectivity index (χ0) is 21.8. The molecule has 0 aliphatic carbocycles. The highest BCUT2D eigenvalue weighted by molar-refractivity contribution is 7.10. The SMILES string of the molecule is Cc1csc(C(c2ccc(C#N)cc2)N2CC[C@@H](NC(=O)c3ccc(C#N)cc3)C2)c1. The van der Waals surface area contributed by atoms with Crippen molar-refractivity contribution in [3.63, 3.8) is 0 Å². The van der Waals surface area contributed by atoms with E-state index in [4.69, 9.17) is 10.5 Å². The molecular weight excluding hydrogens is 404 g/mol. The minimum atomic E-state index is -0.113. The Bertz CT molecular complexity index is 1150. The average molecular weight is 427 g/mol. The summed E-state index contributed by atoms with van der Waals surface area (Å²) in [6.07, 6.45) is 0.874. The van der Waals surface area contributed by atoms with Gasteiger partial charge in [0.1, 0.15) is 0 Å². The number of carbonyl (C=O) groups is 1.